The lowest BCUT2D eigenvalue weighted by atomic mass is 10.1. The molecule has 1 heterocycles. The molecule has 0 aliphatic heterocycles. The number of carbonyl (C=O) groups is 1. The van der Waals surface area contributed by atoms with Gasteiger partial charge in [-0.2, -0.15) is 11.8 Å². The molecule has 6 heteroatoms. The molecule has 0 spiro atoms. The summed E-state index contributed by atoms with van der Waals surface area (Å²) >= 11 is 1.71. The number of nitrogens with two attached hydrogens (primary N) is 1. The van der Waals surface area contributed by atoms with Crippen LogP contribution in [0.3, 0.4) is 0 Å². The van der Waals surface area contributed by atoms with Crippen molar-refractivity contribution in [1.82, 2.24) is 9.88 Å². The van der Waals surface area contributed by atoms with Crippen LogP contribution in [0.1, 0.15) is 17.4 Å². The van der Waals surface area contributed by atoms with E-state index in [4.69, 9.17) is 5.84 Å². The molecule has 0 saturated carbocycles. The van der Waals surface area contributed by atoms with Crippen LogP contribution in [0.15, 0.2) is 30.3 Å². The highest BCUT2D eigenvalue weighted by Crippen LogP contribution is 2.23. The molecule has 1 atom stereocenters. The van der Waals surface area contributed by atoms with Crippen molar-refractivity contribution in [3.63, 3.8) is 0 Å². The van der Waals surface area contributed by atoms with E-state index in [-0.39, 0.29) is 11.9 Å². The summed E-state index contributed by atoms with van der Waals surface area (Å²) in [5.74, 6) is 6.35. The number of nitrogens with one attached hydrogen (secondary N) is 1. The number of hydrazine groups is 1. The number of anilines is 1. The van der Waals surface area contributed by atoms with E-state index < -0.39 is 0 Å². The number of hydrogen-bond acceptors (Lipinski definition) is 5. The summed E-state index contributed by atoms with van der Waals surface area (Å²) in [5.41, 5.74) is 4.50. The zero-order valence-electron chi connectivity index (χ0n) is 12.5. The molecular weight excluding hydrogens is 284 g/mol. The van der Waals surface area contributed by atoms with Crippen LogP contribution in [-0.4, -0.2) is 40.9 Å². The lowest BCUT2D eigenvalue weighted by Gasteiger charge is -2.24. The van der Waals surface area contributed by atoms with Crippen LogP contribution in [0.2, 0.25) is 0 Å². The molecule has 0 aliphatic carbocycles. The topological polar surface area (TPSA) is 71.2 Å². The van der Waals surface area contributed by atoms with Gasteiger partial charge in [-0.15, -0.1) is 0 Å². The van der Waals surface area contributed by atoms with Crippen molar-refractivity contribution < 1.29 is 4.79 Å². The maximum absolute atomic E-state index is 12.6. The molecule has 1 unspecified atom stereocenters. The molecule has 21 heavy (non-hydrogen) atoms. The Hall–Kier alpha value is -1.79. The number of fused-ring (bicyclic) bond motifs is 1. The summed E-state index contributed by atoms with van der Waals surface area (Å²) < 4.78 is 0. The summed E-state index contributed by atoms with van der Waals surface area (Å²) in [6.45, 7) is 2.03. The summed E-state index contributed by atoms with van der Waals surface area (Å²) in [5, 5.41) is 0.899. The summed E-state index contributed by atoms with van der Waals surface area (Å²) in [7, 11) is 1.80. The zero-order valence-corrected chi connectivity index (χ0v) is 13.3. The normalized spacial score (nSPS) is 12.2. The van der Waals surface area contributed by atoms with Crippen molar-refractivity contribution in [2.75, 3.05) is 24.5 Å². The van der Waals surface area contributed by atoms with E-state index in [0.29, 0.717) is 11.4 Å². The number of amides is 1. The highest BCUT2D eigenvalue weighted by Gasteiger charge is 2.19. The van der Waals surface area contributed by atoms with Crippen LogP contribution in [0, 0.1) is 0 Å². The Morgan fingerprint density at radius 3 is 2.86 bits per heavy atom. The van der Waals surface area contributed by atoms with Crippen LogP contribution in [0.4, 0.5) is 5.69 Å². The van der Waals surface area contributed by atoms with Gasteiger partial charge < -0.3 is 10.3 Å². The van der Waals surface area contributed by atoms with Gasteiger partial charge in [0.2, 0.25) is 0 Å². The van der Waals surface area contributed by atoms with Gasteiger partial charge in [-0.3, -0.25) is 10.6 Å². The minimum Gasteiger partial charge on any atom is -0.337 e. The van der Waals surface area contributed by atoms with Crippen molar-refractivity contribution in [2.24, 2.45) is 5.84 Å². The van der Waals surface area contributed by atoms with E-state index in [9.17, 15) is 4.79 Å². The third-order valence-corrected chi connectivity index (χ3v) is 4.30. The van der Waals surface area contributed by atoms with Crippen LogP contribution in [0.5, 0.6) is 0 Å². The number of rotatable bonds is 5. The summed E-state index contributed by atoms with van der Waals surface area (Å²) in [6, 6.07) is 9.45. The third-order valence-electron chi connectivity index (χ3n) is 3.48. The van der Waals surface area contributed by atoms with E-state index in [1.54, 1.807) is 29.8 Å². The molecule has 112 valence electrons. The molecule has 1 aromatic carbocycles. The number of aromatic nitrogens is 1. The maximum atomic E-state index is 12.6. The molecule has 5 nitrogen and oxygen atoms in total. The summed E-state index contributed by atoms with van der Waals surface area (Å²) in [4.78, 5) is 18.7. The standard InChI is InChI=1S/C15H20N4OS/c1-10(9-21-3)19(2)15(20)14-8-13(18-16)11-6-4-5-7-12(11)17-14/h4-8,10H,9,16H2,1-3H3,(H,17,18). The van der Waals surface area contributed by atoms with Gasteiger partial charge in [-0.25, -0.2) is 4.98 Å². The quantitative estimate of drug-likeness (QED) is 0.655. The first-order valence-electron chi connectivity index (χ1n) is 6.71. The van der Waals surface area contributed by atoms with Crippen molar-refractivity contribution in [1.29, 1.82) is 0 Å². The van der Waals surface area contributed by atoms with Crippen LogP contribution in [-0.2, 0) is 0 Å². The molecule has 0 fully saturated rings. The lowest BCUT2D eigenvalue weighted by molar-refractivity contribution is 0.0752. The number of nitrogen functional groups attached to an aromatic ring is 1. The van der Waals surface area contributed by atoms with E-state index in [1.807, 2.05) is 37.4 Å². The minimum absolute atomic E-state index is 0.0983. The number of pyridine rings is 1. The fraction of sp³-hybridized carbons (Fsp3) is 0.333. The smallest absolute Gasteiger partial charge is 0.272 e. The Balaban J connectivity index is 2.40. The SMILES string of the molecule is CSCC(C)N(C)C(=O)c1cc(NN)c2ccccc2n1. The number of benzene rings is 1. The molecule has 2 rings (SSSR count). The predicted octanol–water partition coefficient (Wildman–Crippen LogP) is 2.34. The predicted molar refractivity (Wildman–Crippen MR) is 89.5 cm³/mol. The van der Waals surface area contributed by atoms with Gasteiger partial charge in [-0.1, -0.05) is 18.2 Å². The number of thioether (sulfide) groups is 1. The number of para-hydroxylation sites is 1. The highest BCUT2D eigenvalue weighted by molar-refractivity contribution is 7.98. The average molecular weight is 304 g/mol. The van der Waals surface area contributed by atoms with Gasteiger partial charge in [0.1, 0.15) is 5.69 Å². The van der Waals surface area contributed by atoms with Crippen molar-refractivity contribution in [3.8, 4) is 0 Å². The zero-order chi connectivity index (χ0) is 15.4. The van der Waals surface area contributed by atoms with Crippen LogP contribution < -0.4 is 11.3 Å². The second-order valence-corrected chi connectivity index (χ2v) is 5.85. The highest BCUT2D eigenvalue weighted by atomic mass is 32.2. The Morgan fingerprint density at radius 1 is 1.48 bits per heavy atom. The van der Waals surface area contributed by atoms with Gasteiger partial charge >= 0.3 is 0 Å². The Labute approximate surface area is 128 Å². The minimum atomic E-state index is -0.0983. The van der Waals surface area contributed by atoms with Crippen molar-refractivity contribution in [3.05, 3.63) is 36.0 Å². The third kappa shape index (κ3) is 3.28. The fourth-order valence-electron chi connectivity index (χ4n) is 2.14. The second kappa shape index (κ2) is 6.78. The molecule has 0 bridgehead atoms. The molecule has 2 aromatic rings. The summed E-state index contributed by atoms with van der Waals surface area (Å²) in [6.07, 6.45) is 2.03. The Bertz CT molecular complexity index is 647. The molecule has 0 aliphatic rings. The van der Waals surface area contributed by atoms with E-state index in [2.05, 4.69) is 10.4 Å². The number of carbonyl (C=O) groups excluding carboxylic acids is 1. The molecule has 1 amide bonds. The number of nitrogens with zero attached hydrogens (tertiary/aromatic N) is 2. The number of hydrogen-bond donors (Lipinski definition) is 2. The van der Waals surface area contributed by atoms with Gasteiger partial charge in [0, 0.05) is 24.2 Å². The Morgan fingerprint density at radius 2 is 2.19 bits per heavy atom. The van der Waals surface area contributed by atoms with Gasteiger partial charge in [0.25, 0.3) is 5.91 Å². The van der Waals surface area contributed by atoms with Crippen molar-refractivity contribution >= 4 is 34.3 Å². The maximum Gasteiger partial charge on any atom is 0.272 e. The average Bonchev–Trinajstić information content (AvgIpc) is 2.52. The van der Waals surface area contributed by atoms with Gasteiger partial charge in [-0.05, 0) is 25.3 Å². The van der Waals surface area contributed by atoms with E-state index in [0.717, 1.165) is 16.7 Å². The fourth-order valence-corrected chi connectivity index (χ4v) is 2.84. The first kappa shape index (κ1) is 15.6. The van der Waals surface area contributed by atoms with Crippen LogP contribution in [0.25, 0.3) is 10.9 Å². The molecule has 0 saturated heterocycles. The largest absolute Gasteiger partial charge is 0.337 e. The monoisotopic (exact) mass is 304 g/mol. The lowest BCUT2D eigenvalue weighted by Crippen LogP contribution is -2.37. The van der Waals surface area contributed by atoms with Crippen LogP contribution >= 0.6 is 11.8 Å². The van der Waals surface area contributed by atoms with Gasteiger partial charge in [0.05, 0.1) is 11.2 Å². The second-order valence-electron chi connectivity index (χ2n) is 4.94. The van der Waals surface area contributed by atoms with Gasteiger partial charge in [0.15, 0.2) is 0 Å². The molecule has 1 aromatic heterocycles. The first-order valence-corrected chi connectivity index (χ1v) is 8.10. The molecular formula is C15H20N4OS. The Kier molecular flexibility index (Phi) is 5.03. The molecule has 3 N–H and O–H groups in total. The molecule has 0 radical (unpaired) electrons. The van der Waals surface area contributed by atoms with E-state index >= 15 is 0 Å². The van der Waals surface area contributed by atoms with Crippen molar-refractivity contribution in [2.45, 2.75) is 13.0 Å². The van der Waals surface area contributed by atoms with E-state index in [1.165, 1.54) is 0 Å². The first-order chi connectivity index (χ1) is 10.1.